The highest BCUT2D eigenvalue weighted by Gasteiger charge is 2.40. The van der Waals surface area contributed by atoms with E-state index >= 15 is 0 Å². The first kappa shape index (κ1) is 34.1. The van der Waals surface area contributed by atoms with Crippen molar-refractivity contribution in [1.29, 1.82) is 0 Å². The zero-order valence-corrected chi connectivity index (χ0v) is 25.7. The minimum absolute atomic E-state index is 0.0558. The van der Waals surface area contributed by atoms with Crippen LogP contribution in [0.5, 0.6) is 0 Å². The van der Waals surface area contributed by atoms with Gasteiger partial charge < -0.3 is 19.3 Å². The van der Waals surface area contributed by atoms with E-state index in [-0.39, 0.29) is 18.4 Å². The van der Waals surface area contributed by atoms with Crippen molar-refractivity contribution in [2.75, 3.05) is 32.8 Å². The summed E-state index contributed by atoms with van der Waals surface area (Å²) in [5.74, 6) is -0.467. The number of carbonyl (C=O) groups is 1. The maximum atomic E-state index is 12.6. The third-order valence-electron chi connectivity index (χ3n) is 7.61. The van der Waals surface area contributed by atoms with Gasteiger partial charge in [0.05, 0.1) is 6.61 Å². The van der Waals surface area contributed by atoms with Crippen molar-refractivity contribution in [2.24, 2.45) is 0 Å². The molecular formula is C28H47N4O9P+2. The Morgan fingerprint density at radius 3 is 2.29 bits per heavy atom. The van der Waals surface area contributed by atoms with E-state index in [0.29, 0.717) is 6.42 Å². The van der Waals surface area contributed by atoms with Gasteiger partial charge in [0.15, 0.2) is 0 Å². The molecule has 0 radical (unpaired) electrons. The Kier molecular flexibility index (Phi) is 13.8. The smallest absolute Gasteiger partial charge is 0.459 e. The van der Waals surface area contributed by atoms with Crippen LogP contribution in [0, 0.1) is 6.92 Å². The van der Waals surface area contributed by atoms with Gasteiger partial charge in [0.1, 0.15) is 31.5 Å². The molecule has 3 heterocycles. The van der Waals surface area contributed by atoms with Crippen molar-refractivity contribution in [3.63, 3.8) is 0 Å². The summed E-state index contributed by atoms with van der Waals surface area (Å²) < 4.78 is 33.0. The fourth-order valence-corrected chi connectivity index (χ4v) is 5.51. The molecular weight excluding hydrogens is 567 g/mol. The van der Waals surface area contributed by atoms with Crippen LogP contribution in [0.1, 0.15) is 89.3 Å². The maximum Gasteiger partial charge on any atom is 0.469 e. The number of carbonyl (C=O) groups excluding carboxylic acids is 1. The number of aromatic amines is 1. The summed E-state index contributed by atoms with van der Waals surface area (Å²) in [6.07, 6.45) is 13.6. The summed E-state index contributed by atoms with van der Waals surface area (Å²) in [6.45, 7) is 7.09. The summed E-state index contributed by atoms with van der Waals surface area (Å²) in [7, 11) is -4.80. The van der Waals surface area contributed by atoms with Gasteiger partial charge in [-0.25, -0.2) is 18.5 Å². The Balaban J connectivity index is 1.42. The first-order chi connectivity index (χ1) is 20.1. The van der Waals surface area contributed by atoms with Crippen LogP contribution >= 0.6 is 7.82 Å². The molecule has 42 heavy (non-hydrogen) atoms. The Morgan fingerprint density at radius 1 is 1.05 bits per heavy atom. The van der Waals surface area contributed by atoms with Crippen molar-refractivity contribution in [2.45, 2.75) is 103 Å². The monoisotopic (exact) mass is 614 g/mol. The fourth-order valence-electron chi connectivity index (χ4n) is 5.17. The molecule has 1 aromatic rings. The molecule has 3 atom stereocenters. The summed E-state index contributed by atoms with van der Waals surface area (Å²) in [4.78, 5) is 57.1. The topological polar surface area (TPSA) is 163 Å². The third kappa shape index (κ3) is 11.7. The lowest BCUT2D eigenvalue weighted by atomic mass is 10.1. The molecule has 13 nitrogen and oxygen atoms in total. The van der Waals surface area contributed by atoms with Crippen LogP contribution in [0.4, 0.5) is 0 Å². The summed E-state index contributed by atoms with van der Waals surface area (Å²) in [6, 6.07) is 0. The largest absolute Gasteiger partial charge is 0.469 e. The van der Waals surface area contributed by atoms with Crippen molar-refractivity contribution in [1.82, 2.24) is 9.55 Å². The minimum Gasteiger partial charge on any atom is -0.459 e. The lowest BCUT2D eigenvalue weighted by Gasteiger charge is -2.19. The number of phosphoric acid groups is 1. The molecule has 3 unspecified atom stereocenters. The summed E-state index contributed by atoms with van der Waals surface area (Å²) in [5.41, 5.74) is -0.949. The molecule has 2 aliphatic rings. The average Bonchev–Trinajstić information content (AvgIpc) is 3.34. The number of hydrogen-bond acceptors (Lipinski definition) is 7. The molecule has 1 fully saturated rings. The van der Waals surface area contributed by atoms with Gasteiger partial charge >= 0.3 is 19.5 Å². The fraction of sp³-hybridized carbons (Fsp3) is 0.750. The number of H-pyrrole nitrogens is 1. The first-order valence-electron chi connectivity index (χ1n) is 15.1. The normalized spacial score (nSPS) is 20.8. The number of rotatable bonds is 18. The lowest BCUT2D eigenvalue weighted by Crippen LogP contribution is -2.33. The molecule has 3 N–H and O–H groups in total. The van der Waals surface area contributed by atoms with Crippen LogP contribution in [0.3, 0.4) is 0 Å². The number of nitrogens with zero attached hydrogens (tertiary/aromatic N) is 3. The number of hydrogen-bond donors (Lipinski definition) is 3. The van der Waals surface area contributed by atoms with Gasteiger partial charge in [-0.15, -0.1) is 0 Å². The summed E-state index contributed by atoms with van der Waals surface area (Å²) in [5, 5.41) is 0. The van der Waals surface area contributed by atoms with Crippen LogP contribution < -0.4 is 11.2 Å². The van der Waals surface area contributed by atoms with Crippen molar-refractivity contribution >= 4 is 26.2 Å². The molecule has 236 valence electrons. The SMILES string of the molecule is CCCCCCCCC[N+]1=CC=[N+](CCCCC(=O)OC2CC(n3cc(C)c(=O)[nH]c3=O)OC2COP(=O)(O)O)CC1. The van der Waals surface area contributed by atoms with Gasteiger partial charge in [-0.2, -0.15) is 0 Å². The molecule has 1 saturated heterocycles. The Bertz CT molecular complexity index is 1250. The van der Waals surface area contributed by atoms with E-state index in [1.54, 1.807) is 0 Å². The molecule has 0 amide bonds. The van der Waals surface area contributed by atoms with E-state index in [2.05, 4.69) is 38.0 Å². The second kappa shape index (κ2) is 17.0. The van der Waals surface area contributed by atoms with Crippen LogP contribution in [-0.4, -0.2) is 91.9 Å². The van der Waals surface area contributed by atoms with Gasteiger partial charge in [0.2, 0.25) is 25.5 Å². The molecule has 2 aliphatic heterocycles. The van der Waals surface area contributed by atoms with Gasteiger partial charge in [-0.3, -0.25) is 23.7 Å². The number of phosphoric ester groups is 1. The maximum absolute atomic E-state index is 12.6. The second-order valence-corrected chi connectivity index (χ2v) is 12.3. The highest BCUT2D eigenvalue weighted by molar-refractivity contribution is 7.46. The number of aromatic nitrogens is 2. The average molecular weight is 615 g/mol. The standard InChI is InChI=1S/C28H45N4O9P/c1-3-4-5-6-7-8-10-13-30-15-17-31(18-16-30)14-11-9-12-26(33)41-23-19-25(40-24(23)21-39-42(36,37)38)32-20-22(2)27(34)29-28(32)35/h15,17,20,23-25H,3-14,16,18-19,21H2,1-2H3,(H-2,29,34,35,36,37,38)/p+2. The number of nitrogens with one attached hydrogen (secondary N) is 1. The Labute approximate surface area is 246 Å². The zero-order chi connectivity index (χ0) is 30.5. The Hall–Kier alpha value is -2.44. The van der Waals surface area contributed by atoms with E-state index < -0.39 is 50.1 Å². The predicted molar refractivity (Wildman–Crippen MR) is 156 cm³/mol. The van der Waals surface area contributed by atoms with E-state index in [1.807, 2.05) is 0 Å². The van der Waals surface area contributed by atoms with E-state index in [1.165, 1.54) is 58.1 Å². The molecule has 0 spiro atoms. The van der Waals surface area contributed by atoms with E-state index in [0.717, 1.165) is 37.2 Å². The molecule has 0 saturated carbocycles. The molecule has 14 heteroatoms. The zero-order valence-electron chi connectivity index (χ0n) is 24.8. The number of aryl methyl sites for hydroxylation is 1. The lowest BCUT2D eigenvalue weighted by molar-refractivity contribution is -0.605. The van der Waals surface area contributed by atoms with E-state index in [9.17, 15) is 18.9 Å². The van der Waals surface area contributed by atoms with Gasteiger partial charge in [0, 0.05) is 37.4 Å². The Morgan fingerprint density at radius 2 is 1.67 bits per heavy atom. The quantitative estimate of drug-likeness (QED) is 0.0974. The molecule has 0 aliphatic carbocycles. The summed E-state index contributed by atoms with van der Waals surface area (Å²) >= 11 is 0. The second-order valence-electron chi connectivity index (χ2n) is 11.1. The van der Waals surface area contributed by atoms with Crippen molar-refractivity contribution < 1.29 is 42.3 Å². The number of unbranched alkanes of at least 4 members (excludes halogenated alkanes) is 7. The molecule has 0 bridgehead atoms. The van der Waals surface area contributed by atoms with Gasteiger partial charge in [0.25, 0.3) is 5.56 Å². The molecule has 1 aromatic heterocycles. The third-order valence-corrected chi connectivity index (χ3v) is 8.10. The van der Waals surface area contributed by atoms with Crippen LogP contribution in [0.25, 0.3) is 0 Å². The van der Waals surface area contributed by atoms with E-state index in [4.69, 9.17) is 19.3 Å². The van der Waals surface area contributed by atoms with Crippen LogP contribution in [-0.2, 0) is 23.4 Å². The van der Waals surface area contributed by atoms with Crippen LogP contribution in [0.15, 0.2) is 15.8 Å². The van der Waals surface area contributed by atoms with Crippen molar-refractivity contribution in [3.05, 3.63) is 32.6 Å². The highest BCUT2D eigenvalue weighted by Crippen LogP contribution is 2.38. The number of esters is 1. The number of ether oxygens (including phenoxy) is 2. The first-order valence-corrected chi connectivity index (χ1v) is 16.6. The highest BCUT2D eigenvalue weighted by atomic mass is 31.2. The molecule has 3 rings (SSSR count). The van der Waals surface area contributed by atoms with Gasteiger partial charge in [-0.1, -0.05) is 39.0 Å². The van der Waals surface area contributed by atoms with Crippen molar-refractivity contribution in [3.8, 4) is 0 Å². The van der Waals surface area contributed by atoms with Crippen LogP contribution in [0.2, 0.25) is 0 Å². The predicted octanol–water partition coefficient (Wildman–Crippen LogP) is 2.25. The minimum atomic E-state index is -4.80. The van der Waals surface area contributed by atoms with Gasteiger partial charge in [-0.05, 0) is 19.8 Å². The molecule has 0 aromatic carbocycles.